The van der Waals surface area contributed by atoms with Gasteiger partial charge in [0, 0.05) is 25.8 Å². The van der Waals surface area contributed by atoms with Crippen molar-refractivity contribution < 1.29 is 4.39 Å². The summed E-state index contributed by atoms with van der Waals surface area (Å²) in [6, 6.07) is 4.90. The Balaban J connectivity index is 1.52. The van der Waals surface area contributed by atoms with Gasteiger partial charge in [0.2, 0.25) is 0 Å². The predicted molar refractivity (Wildman–Crippen MR) is 102 cm³/mol. The van der Waals surface area contributed by atoms with Crippen LogP contribution in [0.5, 0.6) is 0 Å². The van der Waals surface area contributed by atoms with Crippen LogP contribution in [0.1, 0.15) is 12.0 Å². The number of aromatic amines is 1. The first-order valence-electron chi connectivity index (χ1n) is 8.47. The summed E-state index contributed by atoms with van der Waals surface area (Å²) in [5.41, 5.74) is 8.37. The molecule has 0 spiro atoms. The molecule has 136 valence electrons. The molecule has 1 aliphatic heterocycles. The zero-order valence-corrected chi connectivity index (χ0v) is 15.1. The molecule has 0 aliphatic carbocycles. The number of anilines is 2. The molecule has 4 rings (SSSR count). The van der Waals surface area contributed by atoms with E-state index in [0.717, 1.165) is 35.4 Å². The number of rotatable bonds is 4. The van der Waals surface area contributed by atoms with Crippen LogP contribution in [-0.2, 0) is 0 Å². The molecule has 0 bridgehead atoms. The van der Waals surface area contributed by atoms with Crippen LogP contribution in [0.2, 0.25) is 5.02 Å². The van der Waals surface area contributed by atoms with Gasteiger partial charge in [0.05, 0.1) is 21.6 Å². The summed E-state index contributed by atoms with van der Waals surface area (Å²) in [5.74, 6) is 0.433. The topological polar surface area (TPSA) is 82.9 Å². The summed E-state index contributed by atoms with van der Waals surface area (Å²) < 4.78 is 14.1. The van der Waals surface area contributed by atoms with Crippen molar-refractivity contribution in [1.29, 1.82) is 0 Å². The summed E-state index contributed by atoms with van der Waals surface area (Å²) in [4.78, 5) is 14.1. The van der Waals surface area contributed by atoms with Crippen molar-refractivity contribution in [1.82, 2.24) is 15.0 Å². The number of nitrogens with one attached hydrogen (secondary N) is 2. The van der Waals surface area contributed by atoms with Crippen LogP contribution in [0.3, 0.4) is 0 Å². The number of halogens is 2. The minimum atomic E-state index is -0.490. The smallest absolute Gasteiger partial charge is 0.164 e. The highest BCUT2D eigenvalue weighted by molar-refractivity contribution is 6.31. The van der Waals surface area contributed by atoms with Crippen LogP contribution < -0.4 is 16.0 Å². The molecule has 6 nitrogen and oxygen atoms in total. The fourth-order valence-electron chi connectivity index (χ4n) is 3.47. The summed E-state index contributed by atoms with van der Waals surface area (Å²) in [5, 5.41) is 4.22. The van der Waals surface area contributed by atoms with E-state index in [1.807, 2.05) is 13.1 Å². The van der Waals surface area contributed by atoms with Gasteiger partial charge in [-0.15, -0.1) is 0 Å². The summed E-state index contributed by atoms with van der Waals surface area (Å²) in [7, 11) is 0. The zero-order chi connectivity index (χ0) is 18.3. The average molecular weight is 375 g/mol. The maximum atomic E-state index is 14.1. The predicted octanol–water partition coefficient (Wildman–Crippen LogP) is 3.08. The first kappa shape index (κ1) is 17.1. The standard InChI is InChI=1S/C18H20ClFN6/c1-11-7-22-16-14(11)17(25-10-24-16)26-6-5-18(21,9-26)8-23-13-4-2-3-12(19)15(13)20/h2-4,7,10,23H,5-6,8-9,21H2,1H3,(H,22,24,25). The highest BCUT2D eigenvalue weighted by Gasteiger charge is 2.36. The fourth-order valence-corrected chi connectivity index (χ4v) is 3.64. The minimum absolute atomic E-state index is 0.0976. The first-order valence-corrected chi connectivity index (χ1v) is 8.85. The van der Waals surface area contributed by atoms with Gasteiger partial charge in [-0.3, -0.25) is 0 Å². The summed E-state index contributed by atoms with van der Waals surface area (Å²) in [6.45, 7) is 3.88. The van der Waals surface area contributed by atoms with E-state index in [4.69, 9.17) is 17.3 Å². The molecule has 3 heterocycles. The maximum absolute atomic E-state index is 14.1. The third-order valence-electron chi connectivity index (χ3n) is 4.91. The van der Waals surface area contributed by atoms with Crippen LogP contribution in [0.4, 0.5) is 15.9 Å². The molecule has 0 saturated carbocycles. The molecular formula is C18H20ClFN6. The van der Waals surface area contributed by atoms with Gasteiger partial charge in [0.25, 0.3) is 0 Å². The molecule has 4 N–H and O–H groups in total. The third kappa shape index (κ3) is 2.97. The van der Waals surface area contributed by atoms with Crippen LogP contribution in [0.25, 0.3) is 11.0 Å². The largest absolute Gasteiger partial charge is 0.381 e. The molecule has 1 unspecified atom stereocenters. The minimum Gasteiger partial charge on any atom is -0.381 e. The van der Waals surface area contributed by atoms with E-state index in [9.17, 15) is 4.39 Å². The van der Waals surface area contributed by atoms with Crippen LogP contribution >= 0.6 is 11.6 Å². The highest BCUT2D eigenvalue weighted by Crippen LogP contribution is 2.31. The number of H-pyrrole nitrogens is 1. The first-order chi connectivity index (χ1) is 12.5. The van der Waals surface area contributed by atoms with Crippen LogP contribution in [0, 0.1) is 12.7 Å². The molecule has 0 amide bonds. The Bertz CT molecular complexity index is 958. The maximum Gasteiger partial charge on any atom is 0.164 e. The highest BCUT2D eigenvalue weighted by atomic mass is 35.5. The summed E-state index contributed by atoms with van der Waals surface area (Å²) in [6.07, 6.45) is 4.26. The van der Waals surface area contributed by atoms with Gasteiger partial charge in [0.1, 0.15) is 17.8 Å². The number of fused-ring (bicyclic) bond motifs is 1. The van der Waals surface area contributed by atoms with Crippen molar-refractivity contribution in [3.63, 3.8) is 0 Å². The monoisotopic (exact) mass is 374 g/mol. The Morgan fingerprint density at radius 3 is 3.12 bits per heavy atom. The van der Waals surface area contributed by atoms with E-state index in [-0.39, 0.29) is 5.02 Å². The molecule has 1 fully saturated rings. The SMILES string of the molecule is Cc1c[nH]c2ncnc(N3CCC(N)(CNc4cccc(Cl)c4F)C3)c12. The number of benzene rings is 1. The number of aromatic nitrogens is 3. The molecule has 0 radical (unpaired) electrons. The zero-order valence-electron chi connectivity index (χ0n) is 14.4. The normalized spacial score (nSPS) is 20.1. The van der Waals surface area contributed by atoms with Gasteiger partial charge in [-0.2, -0.15) is 0 Å². The molecule has 1 saturated heterocycles. The second kappa shape index (κ2) is 6.41. The van der Waals surface area contributed by atoms with Crippen molar-refractivity contribution in [2.75, 3.05) is 29.9 Å². The Hall–Kier alpha value is -2.38. The molecular weight excluding hydrogens is 355 g/mol. The van der Waals surface area contributed by atoms with E-state index in [0.29, 0.717) is 18.8 Å². The quantitative estimate of drug-likeness (QED) is 0.653. The Kier molecular flexibility index (Phi) is 4.20. The van der Waals surface area contributed by atoms with Gasteiger partial charge < -0.3 is 20.9 Å². The van der Waals surface area contributed by atoms with Crippen LogP contribution in [0.15, 0.2) is 30.7 Å². The van der Waals surface area contributed by atoms with E-state index >= 15 is 0 Å². The van der Waals surface area contributed by atoms with Gasteiger partial charge in [-0.05, 0) is 31.0 Å². The van der Waals surface area contributed by atoms with E-state index in [1.165, 1.54) is 6.07 Å². The number of nitrogens with zero attached hydrogens (tertiary/aromatic N) is 3. The second-order valence-corrected chi connectivity index (χ2v) is 7.29. The Labute approximate surface area is 155 Å². The molecule has 2 aromatic heterocycles. The van der Waals surface area contributed by atoms with Gasteiger partial charge in [-0.25, -0.2) is 14.4 Å². The van der Waals surface area contributed by atoms with Gasteiger partial charge in [-0.1, -0.05) is 17.7 Å². The lowest BCUT2D eigenvalue weighted by Gasteiger charge is -2.26. The number of hydrogen-bond acceptors (Lipinski definition) is 5. The molecule has 26 heavy (non-hydrogen) atoms. The molecule has 1 aliphatic rings. The average Bonchev–Trinajstić information content (AvgIpc) is 3.20. The Morgan fingerprint density at radius 1 is 1.42 bits per heavy atom. The molecule has 1 aromatic carbocycles. The Morgan fingerprint density at radius 2 is 2.27 bits per heavy atom. The lowest BCUT2D eigenvalue weighted by atomic mass is 10.00. The lowest BCUT2D eigenvalue weighted by Crippen LogP contribution is -2.48. The molecule has 1 atom stereocenters. The molecule has 8 heteroatoms. The number of nitrogens with two attached hydrogens (primary N) is 1. The van der Waals surface area contributed by atoms with Gasteiger partial charge >= 0.3 is 0 Å². The molecule has 3 aromatic rings. The number of hydrogen-bond donors (Lipinski definition) is 3. The van der Waals surface area contributed by atoms with Crippen LogP contribution in [-0.4, -0.2) is 40.1 Å². The number of aryl methyl sites for hydroxylation is 1. The van der Waals surface area contributed by atoms with Crippen molar-refractivity contribution >= 4 is 34.1 Å². The third-order valence-corrected chi connectivity index (χ3v) is 5.21. The van der Waals surface area contributed by atoms with E-state index < -0.39 is 11.4 Å². The van der Waals surface area contributed by atoms with E-state index in [2.05, 4.69) is 25.2 Å². The fraction of sp³-hybridized carbons (Fsp3) is 0.333. The van der Waals surface area contributed by atoms with Crippen molar-refractivity contribution in [3.8, 4) is 0 Å². The second-order valence-electron chi connectivity index (χ2n) is 6.88. The summed E-state index contributed by atoms with van der Waals surface area (Å²) >= 11 is 5.84. The van der Waals surface area contributed by atoms with Crippen molar-refractivity contribution in [3.05, 3.63) is 47.1 Å². The van der Waals surface area contributed by atoms with Crippen molar-refractivity contribution in [2.24, 2.45) is 5.73 Å². The van der Waals surface area contributed by atoms with E-state index in [1.54, 1.807) is 18.5 Å². The van der Waals surface area contributed by atoms with Gasteiger partial charge in [0.15, 0.2) is 5.82 Å². The lowest BCUT2D eigenvalue weighted by molar-refractivity contribution is 0.497. The van der Waals surface area contributed by atoms with Crippen molar-refractivity contribution in [2.45, 2.75) is 18.9 Å².